The second-order valence-electron chi connectivity index (χ2n) is 5.99. The van der Waals surface area contributed by atoms with E-state index in [1.165, 1.54) is 6.07 Å². The van der Waals surface area contributed by atoms with E-state index in [0.29, 0.717) is 18.0 Å². The zero-order valence-corrected chi connectivity index (χ0v) is 13.3. The molecule has 0 saturated carbocycles. The van der Waals surface area contributed by atoms with E-state index in [4.69, 9.17) is 0 Å². The average Bonchev–Trinajstić information content (AvgIpc) is 2.78. The molecule has 120 valence electrons. The Balaban J connectivity index is 1.81. The van der Waals surface area contributed by atoms with Crippen molar-refractivity contribution in [1.29, 1.82) is 0 Å². The Morgan fingerprint density at radius 2 is 1.95 bits per heavy atom. The summed E-state index contributed by atoms with van der Waals surface area (Å²) < 4.78 is 26.7. The number of hydrogen-bond acceptors (Lipinski definition) is 3. The van der Waals surface area contributed by atoms with E-state index in [1.54, 1.807) is 18.0 Å². The van der Waals surface area contributed by atoms with E-state index < -0.39 is 11.6 Å². The standard InChI is InChI=1S/C16H20F2N2OS/c1-20-15(21)9-14(19-11-4-6-22-7-5-11)16(20)10-2-3-12(17)13(18)8-10/h2-3,8,11,14,16,19H,4-7,9H2,1H3/t14-,16-/m0/s1. The highest BCUT2D eigenvalue weighted by Crippen LogP contribution is 2.33. The number of thioether (sulfide) groups is 1. The van der Waals surface area contributed by atoms with Crippen molar-refractivity contribution in [3.05, 3.63) is 35.4 Å². The number of benzene rings is 1. The van der Waals surface area contributed by atoms with Crippen LogP contribution in [-0.4, -0.2) is 41.4 Å². The summed E-state index contributed by atoms with van der Waals surface area (Å²) in [6, 6.07) is 4.03. The van der Waals surface area contributed by atoms with Crippen molar-refractivity contribution >= 4 is 17.7 Å². The number of amides is 1. The number of rotatable bonds is 3. The zero-order valence-electron chi connectivity index (χ0n) is 12.5. The van der Waals surface area contributed by atoms with Crippen molar-refractivity contribution < 1.29 is 13.6 Å². The Hall–Kier alpha value is -1.14. The normalized spacial score (nSPS) is 26.7. The van der Waals surface area contributed by atoms with Crippen LogP contribution in [0.1, 0.15) is 30.9 Å². The molecular formula is C16H20F2N2OS. The fourth-order valence-corrected chi connectivity index (χ4v) is 4.44. The number of nitrogens with one attached hydrogen (secondary N) is 1. The van der Waals surface area contributed by atoms with Crippen LogP contribution >= 0.6 is 11.8 Å². The van der Waals surface area contributed by atoms with Crippen molar-refractivity contribution in [3.63, 3.8) is 0 Å². The molecule has 2 atom stereocenters. The van der Waals surface area contributed by atoms with Gasteiger partial charge < -0.3 is 10.2 Å². The molecule has 2 aliphatic rings. The van der Waals surface area contributed by atoms with Gasteiger partial charge in [-0.25, -0.2) is 8.78 Å². The Bertz CT molecular complexity index is 563. The van der Waals surface area contributed by atoms with Gasteiger partial charge in [0.1, 0.15) is 0 Å². The molecule has 0 radical (unpaired) electrons. The van der Waals surface area contributed by atoms with E-state index >= 15 is 0 Å². The van der Waals surface area contributed by atoms with Crippen LogP contribution in [0.4, 0.5) is 8.78 Å². The number of carbonyl (C=O) groups excluding carboxylic acids is 1. The molecule has 1 amide bonds. The first-order valence-electron chi connectivity index (χ1n) is 7.60. The lowest BCUT2D eigenvalue weighted by atomic mass is 9.98. The molecule has 3 rings (SSSR count). The van der Waals surface area contributed by atoms with Gasteiger partial charge in [0.25, 0.3) is 0 Å². The fraction of sp³-hybridized carbons (Fsp3) is 0.562. The van der Waals surface area contributed by atoms with Gasteiger partial charge in [-0.3, -0.25) is 4.79 Å². The van der Waals surface area contributed by atoms with Crippen LogP contribution in [0.3, 0.4) is 0 Å². The highest BCUT2D eigenvalue weighted by atomic mass is 32.2. The molecule has 0 aromatic heterocycles. The van der Waals surface area contributed by atoms with Crippen molar-refractivity contribution in [1.82, 2.24) is 10.2 Å². The maximum atomic E-state index is 13.5. The van der Waals surface area contributed by atoms with Crippen LogP contribution in [0.5, 0.6) is 0 Å². The molecule has 2 saturated heterocycles. The molecule has 0 aliphatic carbocycles. The SMILES string of the molecule is CN1C(=O)C[C@H](NC2CCSCC2)[C@@H]1c1ccc(F)c(F)c1. The second-order valence-corrected chi connectivity index (χ2v) is 7.21. The predicted molar refractivity (Wildman–Crippen MR) is 83.8 cm³/mol. The van der Waals surface area contributed by atoms with E-state index in [1.807, 2.05) is 11.8 Å². The molecule has 1 aromatic rings. The highest BCUT2D eigenvalue weighted by Gasteiger charge is 2.39. The van der Waals surface area contributed by atoms with Gasteiger partial charge in [-0.1, -0.05) is 6.07 Å². The van der Waals surface area contributed by atoms with Crippen LogP contribution in [0.15, 0.2) is 18.2 Å². The molecule has 0 unspecified atom stereocenters. The topological polar surface area (TPSA) is 32.3 Å². The zero-order chi connectivity index (χ0) is 15.7. The van der Waals surface area contributed by atoms with Gasteiger partial charge in [0.15, 0.2) is 11.6 Å². The van der Waals surface area contributed by atoms with Gasteiger partial charge in [0.05, 0.1) is 6.04 Å². The monoisotopic (exact) mass is 326 g/mol. The van der Waals surface area contributed by atoms with E-state index in [2.05, 4.69) is 5.32 Å². The third-order valence-corrected chi connectivity index (χ3v) is 5.59. The first kappa shape index (κ1) is 15.7. The minimum Gasteiger partial charge on any atom is -0.337 e. The summed E-state index contributed by atoms with van der Waals surface area (Å²) in [5.74, 6) is 0.577. The molecule has 0 bridgehead atoms. The summed E-state index contributed by atoms with van der Waals surface area (Å²) in [4.78, 5) is 13.7. The predicted octanol–water partition coefficient (Wildman–Crippen LogP) is 2.72. The number of hydrogen-bond donors (Lipinski definition) is 1. The summed E-state index contributed by atoms with van der Waals surface area (Å²) in [5.41, 5.74) is 0.648. The third kappa shape index (κ3) is 3.13. The van der Waals surface area contributed by atoms with Crippen molar-refractivity contribution in [2.45, 2.75) is 37.4 Å². The number of likely N-dealkylation sites (N-methyl/N-ethyl adjacent to an activating group) is 1. The number of nitrogens with zero attached hydrogens (tertiary/aromatic N) is 1. The lowest BCUT2D eigenvalue weighted by molar-refractivity contribution is -0.127. The molecule has 1 aromatic carbocycles. The third-order valence-electron chi connectivity index (χ3n) is 4.54. The minimum atomic E-state index is -0.863. The molecule has 2 aliphatic heterocycles. The van der Waals surface area contributed by atoms with Gasteiger partial charge in [-0.15, -0.1) is 0 Å². The number of likely N-dealkylation sites (tertiary alicyclic amines) is 1. The number of carbonyl (C=O) groups is 1. The summed E-state index contributed by atoms with van der Waals surface area (Å²) in [7, 11) is 1.73. The molecule has 1 N–H and O–H groups in total. The lowest BCUT2D eigenvalue weighted by Crippen LogP contribution is -2.43. The van der Waals surface area contributed by atoms with Gasteiger partial charge in [-0.2, -0.15) is 11.8 Å². The van der Waals surface area contributed by atoms with Crippen molar-refractivity contribution in [2.75, 3.05) is 18.6 Å². The van der Waals surface area contributed by atoms with Crippen molar-refractivity contribution in [3.8, 4) is 0 Å². The highest BCUT2D eigenvalue weighted by molar-refractivity contribution is 7.99. The molecule has 6 heteroatoms. The largest absolute Gasteiger partial charge is 0.337 e. The van der Waals surface area contributed by atoms with E-state index in [-0.39, 0.29) is 18.0 Å². The molecular weight excluding hydrogens is 306 g/mol. The molecule has 0 spiro atoms. The quantitative estimate of drug-likeness (QED) is 0.927. The van der Waals surface area contributed by atoms with Crippen LogP contribution in [0.2, 0.25) is 0 Å². The Morgan fingerprint density at radius 1 is 1.23 bits per heavy atom. The second kappa shape index (κ2) is 6.54. The average molecular weight is 326 g/mol. The summed E-state index contributed by atoms with van der Waals surface area (Å²) in [5, 5.41) is 3.57. The van der Waals surface area contributed by atoms with Gasteiger partial charge in [-0.05, 0) is 42.0 Å². The lowest BCUT2D eigenvalue weighted by Gasteiger charge is -2.31. The van der Waals surface area contributed by atoms with Crippen LogP contribution < -0.4 is 5.32 Å². The maximum Gasteiger partial charge on any atom is 0.224 e. The van der Waals surface area contributed by atoms with Crippen molar-refractivity contribution in [2.24, 2.45) is 0 Å². The molecule has 3 nitrogen and oxygen atoms in total. The summed E-state index contributed by atoms with van der Waals surface area (Å²) >= 11 is 1.95. The first-order chi connectivity index (χ1) is 10.6. The van der Waals surface area contributed by atoms with Gasteiger partial charge in [0.2, 0.25) is 5.91 Å². The smallest absolute Gasteiger partial charge is 0.224 e. The van der Waals surface area contributed by atoms with Crippen LogP contribution in [0, 0.1) is 11.6 Å². The molecule has 2 fully saturated rings. The molecule has 2 heterocycles. The summed E-state index contributed by atoms with van der Waals surface area (Å²) in [6.07, 6.45) is 2.58. The minimum absolute atomic E-state index is 0.0393. The fourth-order valence-electron chi connectivity index (χ4n) is 3.34. The van der Waals surface area contributed by atoms with Gasteiger partial charge >= 0.3 is 0 Å². The van der Waals surface area contributed by atoms with E-state index in [9.17, 15) is 13.6 Å². The van der Waals surface area contributed by atoms with Crippen LogP contribution in [-0.2, 0) is 4.79 Å². The molecule has 22 heavy (non-hydrogen) atoms. The van der Waals surface area contributed by atoms with E-state index in [0.717, 1.165) is 30.4 Å². The number of halogens is 2. The Morgan fingerprint density at radius 3 is 2.64 bits per heavy atom. The van der Waals surface area contributed by atoms with Crippen LogP contribution in [0.25, 0.3) is 0 Å². The summed E-state index contributed by atoms with van der Waals surface area (Å²) in [6.45, 7) is 0. The Labute approximate surface area is 133 Å². The first-order valence-corrected chi connectivity index (χ1v) is 8.76. The maximum absolute atomic E-state index is 13.5. The Kier molecular flexibility index (Phi) is 4.68. The van der Waals surface area contributed by atoms with Gasteiger partial charge in [0, 0.05) is 25.6 Å².